The minimum absolute atomic E-state index is 0.0294. The van der Waals surface area contributed by atoms with E-state index in [1.165, 1.54) is 34.6 Å². The van der Waals surface area contributed by atoms with Crippen LogP contribution in [0.2, 0.25) is 0 Å². The Morgan fingerprint density at radius 1 is 1.03 bits per heavy atom. The fourth-order valence-corrected chi connectivity index (χ4v) is 5.56. The van der Waals surface area contributed by atoms with Gasteiger partial charge < -0.3 is 0 Å². The molecule has 9 heteroatoms. The molecule has 173 valence electrons. The van der Waals surface area contributed by atoms with Crippen LogP contribution in [0.4, 0.5) is 18.9 Å². The second kappa shape index (κ2) is 8.06. The molecular weight excluding hydrogens is 453 g/mol. The number of hydrogen-bond acceptors (Lipinski definition) is 3. The van der Waals surface area contributed by atoms with Gasteiger partial charge in [-0.1, -0.05) is 26.0 Å². The zero-order valence-corrected chi connectivity index (χ0v) is 19.0. The summed E-state index contributed by atoms with van der Waals surface area (Å²) in [5.74, 6) is -0.354. The van der Waals surface area contributed by atoms with Crippen LogP contribution in [-0.4, -0.2) is 19.9 Å². The molecule has 1 atom stereocenters. The molecule has 0 saturated heterocycles. The third kappa shape index (κ3) is 4.17. The molecule has 1 aromatic heterocycles. The average molecular weight is 476 g/mol. The van der Waals surface area contributed by atoms with Gasteiger partial charge in [-0.15, -0.1) is 0 Å². The Labute approximate surface area is 190 Å². The molecule has 1 aliphatic rings. The highest BCUT2D eigenvalue weighted by molar-refractivity contribution is 7.92. The van der Waals surface area contributed by atoms with Gasteiger partial charge in [-0.05, 0) is 60.9 Å². The molecule has 0 fully saturated rings. The summed E-state index contributed by atoms with van der Waals surface area (Å²) in [5, 5.41) is 11.7. The zero-order chi connectivity index (χ0) is 24.1. The van der Waals surface area contributed by atoms with E-state index in [-0.39, 0.29) is 29.0 Å². The molecule has 1 unspecified atom stereocenters. The van der Waals surface area contributed by atoms with Gasteiger partial charge >= 0.3 is 6.18 Å². The number of pyridine rings is 1. The van der Waals surface area contributed by atoms with Crippen molar-refractivity contribution in [3.05, 3.63) is 71.4 Å². The van der Waals surface area contributed by atoms with E-state index in [4.69, 9.17) is 0 Å². The third-order valence-corrected chi connectivity index (χ3v) is 7.71. The Hall–Kier alpha value is -3.07. The highest BCUT2D eigenvalue weighted by Crippen LogP contribution is 2.43. The summed E-state index contributed by atoms with van der Waals surface area (Å²) in [6.45, 7) is 5.69. The highest BCUT2D eigenvalue weighted by atomic mass is 32.2. The van der Waals surface area contributed by atoms with E-state index in [1.807, 2.05) is 13.8 Å². The van der Waals surface area contributed by atoms with Crippen LogP contribution in [0, 0.1) is 12.8 Å². The van der Waals surface area contributed by atoms with E-state index >= 15 is 0 Å². The van der Waals surface area contributed by atoms with Crippen LogP contribution in [0.5, 0.6) is 5.75 Å². The van der Waals surface area contributed by atoms with Gasteiger partial charge in [0.25, 0.3) is 10.0 Å². The maximum Gasteiger partial charge on any atom is 0.416 e. The number of halogens is 3. The maximum absolute atomic E-state index is 13.4. The first-order chi connectivity index (χ1) is 15.4. The number of benzene rings is 2. The molecule has 0 amide bonds. The predicted molar refractivity (Wildman–Crippen MR) is 118 cm³/mol. The van der Waals surface area contributed by atoms with Gasteiger partial charge in [-0.3, -0.25) is 14.4 Å². The smallest absolute Gasteiger partial charge is 0.290 e. The first-order valence-corrected chi connectivity index (χ1v) is 11.8. The minimum Gasteiger partial charge on any atom is -0.290 e. The lowest BCUT2D eigenvalue weighted by atomic mass is 9.93. The van der Waals surface area contributed by atoms with Gasteiger partial charge in [-0.2, -0.15) is 13.2 Å². The van der Waals surface area contributed by atoms with Crippen LogP contribution in [0.3, 0.4) is 0 Å². The molecule has 0 N–H and O–H groups in total. The van der Waals surface area contributed by atoms with Crippen molar-refractivity contribution < 1.29 is 26.7 Å². The summed E-state index contributed by atoms with van der Waals surface area (Å²) in [7, 11) is -3.93. The van der Waals surface area contributed by atoms with Gasteiger partial charge in [0.2, 0.25) is 0 Å². The van der Waals surface area contributed by atoms with Gasteiger partial charge in [0.05, 0.1) is 27.5 Å². The molecule has 1 aliphatic heterocycles. The van der Waals surface area contributed by atoms with E-state index in [0.29, 0.717) is 28.2 Å². The second-order valence-electron chi connectivity index (χ2n) is 8.49. The fraction of sp³-hybridized carbons (Fsp3) is 0.292. The van der Waals surface area contributed by atoms with Gasteiger partial charge in [0, 0.05) is 18.0 Å². The van der Waals surface area contributed by atoms with Gasteiger partial charge in [0.1, 0.15) is 0 Å². The normalized spacial score (nSPS) is 16.3. The van der Waals surface area contributed by atoms with Crippen molar-refractivity contribution in [2.45, 2.75) is 37.8 Å². The fourth-order valence-electron chi connectivity index (χ4n) is 3.97. The van der Waals surface area contributed by atoms with Gasteiger partial charge in [-0.25, -0.2) is 8.42 Å². The number of anilines is 1. The first kappa shape index (κ1) is 23.1. The van der Waals surface area contributed by atoms with Crippen LogP contribution in [-0.2, 0) is 21.3 Å². The Kier molecular flexibility index (Phi) is 5.64. The van der Waals surface area contributed by atoms with Crippen molar-refractivity contribution in [2.24, 2.45) is 5.92 Å². The van der Waals surface area contributed by atoms with Crippen LogP contribution < -0.4 is 4.31 Å². The van der Waals surface area contributed by atoms with Crippen molar-refractivity contribution in [2.75, 3.05) is 10.8 Å². The number of alkyl halides is 3. The molecule has 3 aromatic rings. The molecule has 1 radical (unpaired) electrons. The Bertz CT molecular complexity index is 1300. The van der Waals surface area contributed by atoms with Crippen molar-refractivity contribution in [3.63, 3.8) is 0 Å². The summed E-state index contributed by atoms with van der Waals surface area (Å²) < 4.78 is 66.8. The quantitative estimate of drug-likeness (QED) is 0.453. The summed E-state index contributed by atoms with van der Waals surface area (Å²) in [5.41, 5.74) is 1.60. The van der Waals surface area contributed by atoms with Crippen LogP contribution in [0.25, 0.3) is 11.3 Å². The third-order valence-electron chi connectivity index (χ3n) is 5.93. The number of fused-ring (bicyclic) bond motifs is 1. The molecule has 2 aromatic carbocycles. The minimum atomic E-state index is -4.43. The number of rotatable bonds is 4. The van der Waals surface area contributed by atoms with Crippen LogP contribution in [0.1, 0.15) is 36.6 Å². The van der Waals surface area contributed by atoms with E-state index < -0.39 is 21.8 Å². The van der Waals surface area contributed by atoms with Crippen molar-refractivity contribution in [3.8, 4) is 17.0 Å². The SMILES string of the molecule is Cc1cc(S(=O)(=O)N2CC(C(C)C)c3nc(-c4ccc(C(F)(F)F)cc4)ccc32)ccc1[O]. The van der Waals surface area contributed by atoms with E-state index in [9.17, 15) is 26.7 Å². The molecule has 2 heterocycles. The number of nitrogens with zero attached hydrogens (tertiary/aromatic N) is 2. The number of aromatic nitrogens is 1. The highest BCUT2D eigenvalue weighted by Gasteiger charge is 2.39. The zero-order valence-electron chi connectivity index (χ0n) is 18.2. The van der Waals surface area contributed by atoms with Crippen LogP contribution >= 0.6 is 0 Å². The molecular formula is C24H22F3N2O3S. The second-order valence-corrected chi connectivity index (χ2v) is 10.4. The molecule has 5 nitrogen and oxygen atoms in total. The Morgan fingerprint density at radius 3 is 2.27 bits per heavy atom. The lowest BCUT2D eigenvalue weighted by Gasteiger charge is -2.21. The first-order valence-electron chi connectivity index (χ1n) is 10.4. The van der Waals surface area contributed by atoms with Crippen LogP contribution in [0.15, 0.2) is 59.5 Å². The lowest BCUT2D eigenvalue weighted by Crippen LogP contribution is -2.30. The number of sulfonamides is 1. The summed E-state index contributed by atoms with van der Waals surface area (Å²) >= 11 is 0. The number of aryl methyl sites for hydroxylation is 1. The molecule has 0 saturated carbocycles. The lowest BCUT2D eigenvalue weighted by molar-refractivity contribution is -0.137. The molecule has 4 rings (SSSR count). The monoisotopic (exact) mass is 475 g/mol. The largest absolute Gasteiger partial charge is 0.416 e. The van der Waals surface area contributed by atoms with Crippen molar-refractivity contribution in [1.82, 2.24) is 4.98 Å². The maximum atomic E-state index is 13.4. The average Bonchev–Trinajstić information content (AvgIpc) is 3.15. The van der Waals surface area contributed by atoms with Crippen molar-refractivity contribution >= 4 is 15.7 Å². The standard InChI is InChI=1S/C24H22F3N2O3S/c1-14(2)19-13-29(33(31,32)18-8-11-22(30)15(3)12-18)21-10-9-20(28-23(19)21)16-4-6-17(7-5-16)24(25,26)27/h4-12,14,19H,13H2,1-3H3. The van der Waals surface area contributed by atoms with Gasteiger partial charge in [0.15, 0.2) is 5.75 Å². The van der Waals surface area contributed by atoms with E-state index in [0.717, 1.165) is 12.1 Å². The summed E-state index contributed by atoms with van der Waals surface area (Å²) in [6.07, 6.45) is -4.43. The van der Waals surface area contributed by atoms with E-state index in [2.05, 4.69) is 4.98 Å². The predicted octanol–water partition coefficient (Wildman–Crippen LogP) is 6.17. The molecule has 0 spiro atoms. The Balaban J connectivity index is 1.76. The molecule has 0 bridgehead atoms. The van der Waals surface area contributed by atoms with Crippen molar-refractivity contribution in [1.29, 1.82) is 0 Å². The number of hydrogen-bond donors (Lipinski definition) is 0. The summed E-state index contributed by atoms with van der Waals surface area (Å²) in [4.78, 5) is 4.70. The Morgan fingerprint density at radius 2 is 1.70 bits per heavy atom. The molecule has 0 aliphatic carbocycles. The topological polar surface area (TPSA) is 70.2 Å². The molecule has 33 heavy (non-hydrogen) atoms. The van der Waals surface area contributed by atoms with E-state index in [1.54, 1.807) is 19.1 Å². The summed E-state index contributed by atoms with van der Waals surface area (Å²) in [6, 6.07) is 11.9.